The first-order valence-electron chi connectivity index (χ1n) is 6.92. The van der Waals surface area contributed by atoms with Crippen LogP contribution in [0.1, 0.15) is 5.56 Å². The molecule has 1 saturated heterocycles. The van der Waals surface area contributed by atoms with Gasteiger partial charge in [-0.3, -0.25) is 10.1 Å². The third-order valence-electron chi connectivity index (χ3n) is 3.20. The predicted octanol–water partition coefficient (Wildman–Crippen LogP) is 2.95. The quantitative estimate of drug-likeness (QED) is 0.446. The van der Waals surface area contributed by atoms with E-state index in [-0.39, 0.29) is 11.8 Å². The fraction of sp³-hybridized carbons (Fsp3) is 0.250. The van der Waals surface area contributed by atoms with E-state index in [9.17, 15) is 10.1 Å². The van der Waals surface area contributed by atoms with E-state index in [1.54, 1.807) is 6.07 Å². The summed E-state index contributed by atoms with van der Waals surface area (Å²) in [5, 5.41) is 10.9. The van der Waals surface area contributed by atoms with Crippen molar-refractivity contribution in [3.63, 3.8) is 0 Å². The lowest BCUT2D eigenvalue weighted by atomic mass is 10.2. The van der Waals surface area contributed by atoms with E-state index < -0.39 is 4.92 Å². The van der Waals surface area contributed by atoms with Crippen LogP contribution in [-0.2, 0) is 11.3 Å². The number of epoxide rings is 1. The van der Waals surface area contributed by atoms with Crippen LogP contribution in [0.25, 0.3) is 0 Å². The van der Waals surface area contributed by atoms with E-state index in [0.29, 0.717) is 31.3 Å². The minimum absolute atomic E-state index is 0.0296. The van der Waals surface area contributed by atoms with E-state index in [2.05, 4.69) is 0 Å². The van der Waals surface area contributed by atoms with Gasteiger partial charge in [0.2, 0.25) is 0 Å². The van der Waals surface area contributed by atoms with E-state index in [1.807, 2.05) is 30.3 Å². The number of hydrogen-bond donors (Lipinski definition) is 0. The standard InChI is InChI=1S/C16H15NO5/c18-17(19)13-6-7-15(22-11-14-10-20-14)16(8-13)21-9-12-4-2-1-3-5-12/h1-8,14H,9-11H2. The lowest BCUT2D eigenvalue weighted by Crippen LogP contribution is -2.06. The average Bonchev–Trinajstić information content (AvgIpc) is 3.36. The van der Waals surface area contributed by atoms with Crippen LogP contribution >= 0.6 is 0 Å². The molecule has 6 nitrogen and oxygen atoms in total. The second-order valence-corrected chi connectivity index (χ2v) is 4.93. The SMILES string of the molecule is O=[N+]([O-])c1ccc(OCC2CO2)c(OCc2ccccc2)c1. The molecule has 1 fully saturated rings. The number of hydrogen-bond acceptors (Lipinski definition) is 5. The Labute approximate surface area is 127 Å². The fourth-order valence-corrected chi connectivity index (χ4v) is 1.92. The van der Waals surface area contributed by atoms with Crippen molar-refractivity contribution >= 4 is 5.69 Å². The third kappa shape index (κ3) is 3.73. The Morgan fingerprint density at radius 3 is 2.59 bits per heavy atom. The molecule has 1 atom stereocenters. The average molecular weight is 301 g/mol. The van der Waals surface area contributed by atoms with Gasteiger partial charge < -0.3 is 14.2 Å². The first-order chi connectivity index (χ1) is 10.7. The molecule has 1 unspecified atom stereocenters. The lowest BCUT2D eigenvalue weighted by Gasteiger charge is -2.12. The highest BCUT2D eigenvalue weighted by molar-refractivity contribution is 5.48. The van der Waals surface area contributed by atoms with Crippen molar-refractivity contribution < 1.29 is 19.1 Å². The molecule has 0 amide bonds. The van der Waals surface area contributed by atoms with Gasteiger partial charge in [0.15, 0.2) is 11.5 Å². The molecule has 6 heteroatoms. The molecule has 0 aromatic heterocycles. The Balaban J connectivity index is 1.74. The maximum atomic E-state index is 10.9. The van der Waals surface area contributed by atoms with Crippen molar-refractivity contribution in [2.45, 2.75) is 12.7 Å². The Morgan fingerprint density at radius 2 is 1.91 bits per heavy atom. The molecular formula is C16H15NO5. The highest BCUT2D eigenvalue weighted by Gasteiger charge is 2.24. The predicted molar refractivity (Wildman–Crippen MR) is 79.1 cm³/mol. The largest absolute Gasteiger partial charge is 0.487 e. The zero-order chi connectivity index (χ0) is 15.4. The van der Waals surface area contributed by atoms with Crippen LogP contribution in [0.4, 0.5) is 5.69 Å². The van der Waals surface area contributed by atoms with Crippen molar-refractivity contribution in [2.24, 2.45) is 0 Å². The Kier molecular flexibility index (Phi) is 4.20. The number of nitro benzene ring substituents is 1. The van der Waals surface area contributed by atoms with Crippen molar-refractivity contribution in [3.05, 3.63) is 64.2 Å². The highest BCUT2D eigenvalue weighted by Crippen LogP contribution is 2.32. The summed E-state index contributed by atoms with van der Waals surface area (Å²) in [4.78, 5) is 10.4. The van der Waals surface area contributed by atoms with Gasteiger partial charge in [-0.2, -0.15) is 0 Å². The van der Waals surface area contributed by atoms with Crippen molar-refractivity contribution in [3.8, 4) is 11.5 Å². The molecule has 1 aliphatic rings. The summed E-state index contributed by atoms with van der Waals surface area (Å²) in [6, 6.07) is 13.9. The molecule has 0 saturated carbocycles. The second-order valence-electron chi connectivity index (χ2n) is 4.93. The first-order valence-corrected chi connectivity index (χ1v) is 6.92. The first kappa shape index (κ1) is 14.3. The smallest absolute Gasteiger partial charge is 0.273 e. The molecule has 0 aliphatic carbocycles. The van der Waals surface area contributed by atoms with Crippen LogP contribution in [0.2, 0.25) is 0 Å². The van der Waals surface area contributed by atoms with Gasteiger partial charge in [-0.1, -0.05) is 30.3 Å². The number of nitro groups is 1. The maximum Gasteiger partial charge on any atom is 0.273 e. The lowest BCUT2D eigenvalue weighted by molar-refractivity contribution is -0.385. The van der Waals surface area contributed by atoms with Crippen LogP contribution in [-0.4, -0.2) is 24.2 Å². The second kappa shape index (κ2) is 6.44. The normalized spacial score (nSPS) is 16.1. The summed E-state index contributed by atoms with van der Waals surface area (Å²) < 4.78 is 16.4. The minimum atomic E-state index is -0.455. The van der Waals surface area contributed by atoms with Crippen LogP contribution in [0.15, 0.2) is 48.5 Å². The summed E-state index contributed by atoms with van der Waals surface area (Å²) in [5.41, 5.74) is 0.948. The van der Waals surface area contributed by atoms with E-state index in [4.69, 9.17) is 14.2 Å². The van der Waals surface area contributed by atoms with Crippen LogP contribution in [0.5, 0.6) is 11.5 Å². The summed E-state index contributed by atoms with van der Waals surface area (Å²) >= 11 is 0. The van der Waals surface area contributed by atoms with Gasteiger partial charge in [-0.15, -0.1) is 0 Å². The molecule has 0 spiro atoms. The van der Waals surface area contributed by atoms with Gasteiger partial charge in [0.05, 0.1) is 17.6 Å². The molecule has 2 aromatic carbocycles. The van der Waals surface area contributed by atoms with Gasteiger partial charge in [0, 0.05) is 6.07 Å². The van der Waals surface area contributed by atoms with Gasteiger partial charge in [-0.25, -0.2) is 0 Å². The molecule has 22 heavy (non-hydrogen) atoms. The van der Waals surface area contributed by atoms with E-state index in [1.165, 1.54) is 12.1 Å². The highest BCUT2D eigenvalue weighted by atomic mass is 16.6. The zero-order valence-corrected chi connectivity index (χ0v) is 11.8. The van der Waals surface area contributed by atoms with Gasteiger partial charge >= 0.3 is 0 Å². The minimum Gasteiger partial charge on any atom is -0.487 e. The van der Waals surface area contributed by atoms with Gasteiger partial charge in [-0.05, 0) is 11.6 Å². The van der Waals surface area contributed by atoms with Crippen molar-refractivity contribution in [1.29, 1.82) is 0 Å². The monoisotopic (exact) mass is 301 g/mol. The molecular weight excluding hydrogens is 286 g/mol. The van der Waals surface area contributed by atoms with Crippen molar-refractivity contribution in [2.75, 3.05) is 13.2 Å². The summed E-state index contributed by atoms with van der Waals surface area (Å²) in [6.07, 6.45) is 0.108. The van der Waals surface area contributed by atoms with Crippen LogP contribution in [0, 0.1) is 10.1 Å². The molecule has 114 valence electrons. The number of non-ortho nitro benzene ring substituents is 1. The number of nitrogens with zero attached hydrogens (tertiary/aromatic N) is 1. The van der Waals surface area contributed by atoms with Crippen molar-refractivity contribution in [1.82, 2.24) is 0 Å². The van der Waals surface area contributed by atoms with Crippen LogP contribution < -0.4 is 9.47 Å². The topological polar surface area (TPSA) is 74.1 Å². The molecule has 1 heterocycles. The molecule has 2 aromatic rings. The summed E-state index contributed by atoms with van der Waals surface area (Å²) in [7, 11) is 0. The van der Waals surface area contributed by atoms with Gasteiger partial charge in [0.25, 0.3) is 5.69 Å². The molecule has 0 N–H and O–H groups in total. The van der Waals surface area contributed by atoms with E-state index in [0.717, 1.165) is 5.56 Å². The summed E-state index contributed by atoms with van der Waals surface area (Å²) in [5.74, 6) is 0.843. The van der Waals surface area contributed by atoms with Crippen LogP contribution in [0.3, 0.4) is 0 Å². The summed E-state index contributed by atoms with van der Waals surface area (Å²) in [6.45, 7) is 1.42. The number of ether oxygens (including phenoxy) is 3. The molecule has 1 aliphatic heterocycles. The zero-order valence-electron chi connectivity index (χ0n) is 11.8. The number of benzene rings is 2. The molecule has 0 radical (unpaired) electrons. The van der Waals surface area contributed by atoms with Gasteiger partial charge in [0.1, 0.15) is 19.3 Å². The Bertz CT molecular complexity index is 655. The fourth-order valence-electron chi connectivity index (χ4n) is 1.92. The van der Waals surface area contributed by atoms with E-state index >= 15 is 0 Å². The number of rotatable bonds is 7. The molecule has 3 rings (SSSR count). The Hall–Kier alpha value is -2.60. The maximum absolute atomic E-state index is 10.9. The third-order valence-corrected chi connectivity index (χ3v) is 3.20. The molecule has 0 bridgehead atoms. The Morgan fingerprint density at radius 1 is 1.14 bits per heavy atom.